The molecule has 0 radical (unpaired) electrons. The smallest absolute Gasteiger partial charge is 0.191 e. The maximum absolute atomic E-state index is 6.23. The van der Waals surface area contributed by atoms with E-state index >= 15 is 0 Å². The summed E-state index contributed by atoms with van der Waals surface area (Å²) in [5, 5.41) is 7.47. The maximum Gasteiger partial charge on any atom is 0.191 e. The fourth-order valence-electron chi connectivity index (χ4n) is 2.69. The lowest BCUT2D eigenvalue weighted by atomic mass is 10.3. The van der Waals surface area contributed by atoms with Crippen molar-refractivity contribution in [2.75, 3.05) is 25.0 Å². The van der Waals surface area contributed by atoms with Crippen molar-refractivity contribution in [3.8, 4) is 0 Å². The highest BCUT2D eigenvalue weighted by Gasteiger charge is 2.25. The molecular weight excluding hydrogens is 492 g/mol. The topological polar surface area (TPSA) is 52.6 Å². The van der Waals surface area contributed by atoms with Gasteiger partial charge in [-0.05, 0) is 30.7 Å². The molecule has 2 aromatic rings. The predicted octanol–water partition coefficient (Wildman–Crippen LogP) is 4.01. The maximum atomic E-state index is 6.23. The van der Waals surface area contributed by atoms with Crippen molar-refractivity contribution in [2.24, 2.45) is 4.99 Å². The Morgan fingerprint density at radius 2 is 2.24 bits per heavy atom. The van der Waals surface area contributed by atoms with Crippen molar-refractivity contribution in [3.05, 3.63) is 44.7 Å². The molecule has 5 nitrogen and oxygen atoms in total. The molecule has 0 amide bonds. The Kier molecular flexibility index (Phi) is 8.05. The van der Waals surface area contributed by atoms with E-state index in [0.717, 1.165) is 35.6 Å². The Balaban J connectivity index is 0.00000225. The molecule has 0 spiro atoms. The molecule has 1 aliphatic heterocycles. The van der Waals surface area contributed by atoms with Gasteiger partial charge in [-0.15, -0.1) is 35.3 Å². The van der Waals surface area contributed by atoms with Crippen molar-refractivity contribution in [3.63, 3.8) is 0 Å². The van der Waals surface area contributed by atoms with E-state index in [1.807, 2.05) is 24.3 Å². The number of aromatic nitrogens is 1. The summed E-state index contributed by atoms with van der Waals surface area (Å²) in [6.45, 7) is 2.48. The van der Waals surface area contributed by atoms with Gasteiger partial charge >= 0.3 is 0 Å². The molecule has 1 saturated heterocycles. The molecule has 25 heavy (non-hydrogen) atoms. The monoisotopic (exact) mass is 511 g/mol. The summed E-state index contributed by atoms with van der Waals surface area (Å²) in [5.74, 6) is 1.64. The molecule has 1 unspecified atom stereocenters. The average molecular weight is 512 g/mol. The molecule has 3 rings (SSSR count). The normalized spacial score (nSPS) is 17.3. The second-order valence-electron chi connectivity index (χ2n) is 5.52. The van der Waals surface area contributed by atoms with Crippen molar-refractivity contribution >= 4 is 70.3 Å². The number of hydrogen-bond acceptors (Lipinski definition) is 4. The zero-order valence-electron chi connectivity index (χ0n) is 13.7. The summed E-state index contributed by atoms with van der Waals surface area (Å²) in [6.07, 6.45) is 2.78. The fraction of sp³-hybridized carbons (Fsp3) is 0.375. The molecule has 1 fully saturated rings. The van der Waals surface area contributed by atoms with Gasteiger partial charge in [0, 0.05) is 37.3 Å². The third-order valence-corrected chi connectivity index (χ3v) is 5.38. The summed E-state index contributed by atoms with van der Waals surface area (Å²) in [6, 6.07) is 7.96. The van der Waals surface area contributed by atoms with Crippen LogP contribution in [-0.2, 0) is 6.54 Å². The van der Waals surface area contributed by atoms with Crippen LogP contribution in [-0.4, -0.2) is 37.1 Å². The number of aliphatic imine (C=N–C) groups is 1. The average Bonchev–Trinajstić information content (AvgIpc) is 3.21. The number of rotatable bonds is 4. The minimum atomic E-state index is 0. The Morgan fingerprint density at radius 3 is 2.92 bits per heavy atom. The van der Waals surface area contributed by atoms with Gasteiger partial charge in [0.05, 0.1) is 15.9 Å². The van der Waals surface area contributed by atoms with Crippen LogP contribution in [0, 0.1) is 0 Å². The third-order valence-electron chi connectivity index (χ3n) is 3.85. The first-order chi connectivity index (χ1) is 11.7. The SMILES string of the molecule is CN=C(NCc1ccc(Cl)s1)NC1CCN(c2ncccc2Cl)C1.I. The van der Waals surface area contributed by atoms with Crippen LogP contribution in [0.1, 0.15) is 11.3 Å². The van der Waals surface area contributed by atoms with Crippen molar-refractivity contribution in [2.45, 2.75) is 19.0 Å². The highest BCUT2D eigenvalue weighted by Crippen LogP contribution is 2.25. The lowest BCUT2D eigenvalue weighted by Crippen LogP contribution is -2.44. The Labute approximate surface area is 178 Å². The van der Waals surface area contributed by atoms with E-state index in [4.69, 9.17) is 23.2 Å². The number of pyridine rings is 1. The van der Waals surface area contributed by atoms with Crippen LogP contribution in [0.3, 0.4) is 0 Å². The highest BCUT2D eigenvalue weighted by molar-refractivity contribution is 14.0. The third kappa shape index (κ3) is 5.60. The van der Waals surface area contributed by atoms with Crippen LogP contribution in [0.15, 0.2) is 35.5 Å². The predicted molar refractivity (Wildman–Crippen MR) is 118 cm³/mol. The van der Waals surface area contributed by atoms with E-state index in [0.29, 0.717) is 17.6 Å². The number of nitrogens with zero attached hydrogens (tertiary/aromatic N) is 3. The van der Waals surface area contributed by atoms with Gasteiger partial charge in [0.15, 0.2) is 5.96 Å². The van der Waals surface area contributed by atoms with E-state index < -0.39 is 0 Å². The zero-order valence-corrected chi connectivity index (χ0v) is 18.4. The number of nitrogens with one attached hydrogen (secondary N) is 2. The quantitative estimate of drug-likeness (QED) is 0.370. The second kappa shape index (κ2) is 9.80. The van der Waals surface area contributed by atoms with Crippen LogP contribution in [0.25, 0.3) is 0 Å². The standard InChI is InChI=1S/C16H19Cl2N5S.HI/c1-19-16(21-9-12-4-5-14(18)24-12)22-11-6-8-23(10-11)15-13(17)3-2-7-20-15;/h2-5,7,11H,6,8-10H2,1H3,(H2,19,21,22);1H. The largest absolute Gasteiger partial charge is 0.353 e. The van der Waals surface area contributed by atoms with Gasteiger partial charge in [-0.1, -0.05) is 23.2 Å². The van der Waals surface area contributed by atoms with Crippen LogP contribution < -0.4 is 15.5 Å². The lowest BCUT2D eigenvalue weighted by molar-refractivity contribution is 0.649. The molecule has 1 aliphatic rings. The lowest BCUT2D eigenvalue weighted by Gasteiger charge is -2.20. The van der Waals surface area contributed by atoms with Crippen LogP contribution in [0.2, 0.25) is 9.36 Å². The Hall–Kier alpha value is -0.770. The molecular formula is C16H20Cl2IN5S. The van der Waals surface area contributed by atoms with Crippen molar-refractivity contribution < 1.29 is 0 Å². The van der Waals surface area contributed by atoms with Gasteiger partial charge in [-0.3, -0.25) is 4.99 Å². The molecule has 0 bridgehead atoms. The van der Waals surface area contributed by atoms with Gasteiger partial charge in [-0.2, -0.15) is 0 Å². The van der Waals surface area contributed by atoms with Crippen molar-refractivity contribution in [1.82, 2.24) is 15.6 Å². The van der Waals surface area contributed by atoms with E-state index in [1.54, 1.807) is 24.6 Å². The fourth-order valence-corrected chi connectivity index (χ4v) is 3.95. The molecule has 9 heteroatoms. The van der Waals surface area contributed by atoms with Crippen LogP contribution >= 0.6 is 58.5 Å². The molecule has 2 N–H and O–H groups in total. The zero-order chi connectivity index (χ0) is 16.9. The minimum absolute atomic E-state index is 0. The Bertz CT molecular complexity index is 724. The number of halogens is 3. The number of thiophene rings is 1. The molecule has 0 aliphatic carbocycles. The molecule has 0 saturated carbocycles. The van der Waals surface area contributed by atoms with Crippen LogP contribution in [0.5, 0.6) is 0 Å². The van der Waals surface area contributed by atoms with E-state index in [-0.39, 0.29) is 24.0 Å². The summed E-state index contributed by atoms with van der Waals surface area (Å²) >= 11 is 13.8. The molecule has 2 aromatic heterocycles. The van der Waals surface area contributed by atoms with Gasteiger partial charge in [0.2, 0.25) is 0 Å². The van der Waals surface area contributed by atoms with Gasteiger partial charge in [0.25, 0.3) is 0 Å². The van der Waals surface area contributed by atoms with Gasteiger partial charge in [-0.25, -0.2) is 4.98 Å². The Morgan fingerprint density at radius 1 is 1.40 bits per heavy atom. The molecule has 136 valence electrons. The van der Waals surface area contributed by atoms with Gasteiger partial charge in [0.1, 0.15) is 5.82 Å². The second-order valence-corrected chi connectivity index (χ2v) is 7.72. The van der Waals surface area contributed by atoms with E-state index in [9.17, 15) is 0 Å². The van der Waals surface area contributed by atoms with E-state index in [2.05, 4.69) is 25.5 Å². The molecule has 0 aromatic carbocycles. The number of guanidine groups is 1. The van der Waals surface area contributed by atoms with Crippen molar-refractivity contribution in [1.29, 1.82) is 0 Å². The van der Waals surface area contributed by atoms with E-state index in [1.165, 1.54) is 4.88 Å². The first-order valence-electron chi connectivity index (χ1n) is 7.72. The first-order valence-corrected chi connectivity index (χ1v) is 9.30. The molecule has 3 heterocycles. The summed E-state index contributed by atoms with van der Waals surface area (Å²) < 4.78 is 0.799. The first kappa shape index (κ1) is 20.5. The summed E-state index contributed by atoms with van der Waals surface area (Å²) in [7, 11) is 1.78. The van der Waals surface area contributed by atoms with Crippen LogP contribution in [0.4, 0.5) is 5.82 Å². The molecule has 1 atom stereocenters. The van der Waals surface area contributed by atoms with Gasteiger partial charge < -0.3 is 15.5 Å². The minimum Gasteiger partial charge on any atom is -0.353 e. The highest BCUT2D eigenvalue weighted by atomic mass is 127. The summed E-state index contributed by atoms with van der Waals surface area (Å²) in [5.41, 5.74) is 0. The summed E-state index contributed by atoms with van der Waals surface area (Å²) in [4.78, 5) is 12.1. The number of anilines is 1. The number of hydrogen-bond donors (Lipinski definition) is 2.